The molecule has 2 aromatic rings. The highest BCUT2D eigenvalue weighted by molar-refractivity contribution is 9.10. The van der Waals surface area contributed by atoms with Gasteiger partial charge in [-0.3, -0.25) is 14.5 Å². The molecule has 1 atom stereocenters. The molecule has 2 heterocycles. The summed E-state index contributed by atoms with van der Waals surface area (Å²) in [5, 5.41) is 3.83. The Morgan fingerprint density at radius 3 is 2.51 bits per heavy atom. The average molecular weight is 579 g/mol. The van der Waals surface area contributed by atoms with Crippen LogP contribution in [-0.4, -0.2) is 84.0 Å². The molecule has 0 radical (unpaired) electrons. The van der Waals surface area contributed by atoms with Crippen LogP contribution in [0.5, 0.6) is 0 Å². The molecular formula is C25H29BrClN5O2S. The second-order valence-corrected chi connectivity index (χ2v) is 10.6. The van der Waals surface area contributed by atoms with Crippen LogP contribution in [0.25, 0.3) is 0 Å². The first-order chi connectivity index (χ1) is 16.8. The predicted molar refractivity (Wildman–Crippen MR) is 148 cm³/mol. The highest BCUT2D eigenvalue weighted by Gasteiger charge is 2.44. The van der Waals surface area contributed by atoms with E-state index in [2.05, 4.69) is 38.1 Å². The molecule has 2 aromatic carbocycles. The lowest BCUT2D eigenvalue weighted by Crippen LogP contribution is -2.45. The minimum absolute atomic E-state index is 0.0145. The Labute approximate surface area is 225 Å². The lowest BCUT2D eigenvalue weighted by atomic mass is 10.1. The lowest BCUT2D eigenvalue weighted by Gasteiger charge is -2.33. The molecule has 0 spiro atoms. The lowest BCUT2D eigenvalue weighted by molar-refractivity contribution is -0.124. The predicted octanol–water partition coefficient (Wildman–Crippen LogP) is 4.07. The summed E-state index contributed by atoms with van der Waals surface area (Å²) < 4.78 is 0.926. The highest BCUT2D eigenvalue weighted by atomic mass is 79.9. The Bertz CT molecular complexity index is 1080. The number of benzene rings is 2. The van der Waals surface area contributed by atoms with Gasteiger partial charge in [0.2, 0.25) is 5.91 Å². The molecule has 4 rings (SSSR count). The molecular weight excluding hydrogens is 550 g/mol. The number of likely N-dealkylation sites (N-methyl/N-ethyl adjacent to an activating group) is 1. The van der Waals surface area contributed by atoms with Crippen molar-refractivity contribution in [3.63, 3.8) is 0 Å². The number of amides is 2. The van der Waals surface area contributed by atoms with E-state index in [1.807, 2.05) is 35.2 Å². The SMILES string of the molecule is CN1CCN(CCCN2C(=S)N(c3cccc(Cl)c3)C(=O)[C@H]2CC(=O)Nc2ccc(Br)cc2)CC1. The van der Waals surface area contributed by atoms with Crippen molar-refractivity contribution in [1.29, 1.82) is 0 Å². The molecule has 0 bridgehead atoms. The molecule has 186 valence electrons. The third kappa shape index (κ3) is 6.59. The highest BCUT2D eigenvalue weighted by Crippen LogP contribution is 2.29. The third-order valence-corrected chi connectivity index (χ3v) is 7.54. The van der Waals surface area contributed by atoms with Crippen LogP contribution >= 0.6 is 39.7 Å². The van der Waals surface area contributed by atoms with E-state index in [0.717, 1.165) is 43.6 Å². The molecule has 0 saturated carbocycles. The minimum Gasteiger partial charge on any atom is -0.336 e. The number of thiocarbonyl (C=S) groups is 1. The van der Waals surface area contributed by atoms with Crippen molar-refractivity contribution >= 4 is 68.1 Å². The largest absolute Gasteiger partial charge is 0.336 e. The molecule has 7 nitrogen and oxygen atoms in total. The van der Waals surface area contributed by atoms with Crippen molar-refractivity contribution in [1.82, 2.24) is 14.7 Å². The summed E-state index contributed by atoms with van der Waals surface area (Å²) in [5.41, 5.74) is 1.30. The Kier molecular flexibility index (Phi) is 8.77. The van der Waals surface area contributed by atoms with Crippen LogP contribution in [0.15, 0.2) is 53.0 Å². The van der Waals surface area contributed by atoms with Gasteiger partial charge in [0, 0.05) is 47.9 Å². The summed E-state index contributed by atoms with van der Waals surface area (Å²) in [6.45, 7) is 5.71. The van der Waals surface area contributed by atoms with Crippen LogP contribution in [0, 0.1) is 0 Å². The summed E-state index contributed by atoms with van der Waals surface area (Å²) >= 11 is 15.3. The van der Waals surface area contributed by atoms with Gasteiger partial charge in [-0.15, -0.1) is 0 Å². The maximum absolute atomic E-state index is 13.5. The number of piperazine rings is 1. The number of hydrogen-bond donors (Lipinski definition) is 1. The maximum atomic E-state index is 13.5. The summed E-state index contributed by atoms with van der Waals surface area (Å²) in [4.78, 5) is 34.6. The topological polar surface area (TPSA) is 59.1 Å². The van der Waals surface area contributed by atoms with Gasteiger partial charge in [-0.05, 0) is 74.7 Å². The van der Waals surface area contributed by atoms with Crippen LogP contribution in [0.3, 0.4) is 0 Å². The molecule has 2 fully saturated rings. The number of nitrogens with one attached hydrogen (secondary N) is 1. The van der Waals surface area contributed by atoms with E-state index in [9.17, 15) is 9.59 Å². The Hall–Kier alpha value is -2.04. The van der Waals surface area contributed by atoms with E-state index >= 15 is 0 Å². The van der Waals surface area contributed by atoms with Gasteiger partial charge in [0.15, 0.2) is 5.11 Å². The quantitative estimate of drug-likeness (QED) is 0.477. The van der Waals surface area contributed by atoms with E-state index in [1.165, 1.54) is 4.90 Å². The third-order valence-electron chi connectivity index (χ3n) is 6.36. The molecule has 35 heavy (non-hydrogen) atoms. The van der Waals surface area contributed by atoms with Crippen LogP contribution in [0.1, 0.15) is 12.8 Å². The monoisotopic (exact) mass is 577 g/mol. The zero-order valence-electron chi connectivity index (χ0n) is 19.6. The van der Waals surface area contributed by atoms with Gasteiger partial charge in [0.25, 0.3) is 5.91 Å². The van der Waals surface area contributed by atoms with E-state index in [-0.39, 0.29) is 18.2 Å². The van der Waals surface area contributed by atoms with E-state index in [1.54, 1.807) is 18.2 Å². The van der Waals surface area contributed by atoms with Gasteiger partial charge in [-0.1, -0.05) is 33.6 Å². The summed E-state index contributed by atoms with van der Waals surface area (Å²) in [7, 11) is 2.14. The van der Waals surface area contributed by atoms with Crippen LogP contribution in [-0.2, 0) is 9.59 Å². The number of carbonyl (C=O) groups excluding carboxylic acids is 2. The van der Waals surface area contributed by atoms with Gasteiger partial charge < -0.3 is 20.0 Å². The van der Waals surface area contributed by atoms with Crippen LogP contribution in [0.4, 0.5) is 11.4 Å². The standard InChI is InChI=1S/C25H29BrClN5O2S/c1-29-12-14-30(15-13-29)10-3-11-31-22(17-23(33)28-20-8-6-18(26)7-9-20)24(34)32(25(31)35)21-5-2-4-19(27)16-21/h2,4-9,16,22H,3,10-15,17H2,1H3,(H,28,33)/t22-/m1/s1. The fourth-order valence-electron chi connectivity index (χ4n) is 4.40. The molecule has 2 saturated heterocycles. The maximum Gasteiger partial charge on any atom is 0.256 e. The molecule has 2 aliphatic heterocycles. The van der Waals surface area contributed by atoms with Crippen molar-refractivity contribution in [2.75, 3.05) is 56.5 Å². The van der Waals surface area contributed by atoms with Gasteiger partial charge in [-0.25, -0.2) is 0 Å². The molecule has 0 aliphatic carbocycles. The zero-order chi connectivity index (χ0) is 24.9. The van der Waals surface area contributed by atoms with Crippen molar-refractivity contribution in [3.05, 3.63) is 58.0 Å². The fourth-order valence-corrected chi connectivity index (χ4v) is 5.26. The smallest absolute Gasteiger partial charge is 0.256 e. The second-order valence-electron chi connectivity index (χ2n) is 8.90. The Balaban J connectivity index is 1.47. The van der Waals surface area contributed by atoms with Crippen molar-refractivity contribution in [2.24, 2.45) is 0 Å². The first-order valence-corrected chi connectivity index (χ1v) is 13.3. The van der Waals surface area contributed by atoms with Crippen molar-refractivity contribution < 1.29 is 9.59 Å². The van der Waals surface area contributed by atoms with Crippen molar-refractivity contribution in [3.8, 4) is 0 Å². The summed E-state index contributed by atoms with van der Waals surface area (Å²) in [6.07, 6.45) is 0.867. The number of halogens is 2. The zero-order valence-corrected chi connectivity index (χ0v) is 22.8. The summed E-state index contributed by atoms with van der Waals surface area (Å²) in [5.74, 6) is -0.437. The van der Waals surface area contributed by atoms with Gasteiger partial charge in [-0.2, -0.15) is 0 Å². The molecule has 1 N–H and O–H groups in total. The first kappa shape index (κ1) is 26.0. The first-order valence-electron chi connectivity index (χ1n) is 11.7. The van der Waals surface area contributed by atoms with Crippen LogP contribution < -0.4 is 10.2 Å². The van der Waals surface area contributed by atoms with Crippen molar-refractivity contribution in [2.45, 2.75) is 18.9 Å². The van der Waals surface area contributed by atoms with Gasteiger partial charge >= 0.3 is 0 Å². The number of hydrogen-bond acceptors (Lipinski definition) is 5. The number of carbonyl (C=O) groups is 2. The van der Waals surface area contributed by atoms with E-state index in [4.69, 9.17) is 23.8 Å². The van der Waals surface area contributed by atoms with E-state index in [0.29, 0.717) is 28.1 Å². The summed E-state index contributed by atoms with van der Waals surface area (Å²) in [6, 6.07) is 13.8. The van der Waals surface area contributed by atoms with Crippen LogP contribution in [0.2, 0.25) is 5.02 Å². The normalized spacial score (nSPS) is 19.5. The molecule has 0 aromatic heterocycles. The fraction of sp³-hybridized carbons (Fsp3) is 0.400. The molecule has 2 aliphatic rings. The average Bonchev–Trinajstić information content (AvgIpc) is 3.05. The molecule has 0 unspecified atom stereocenters. The molecule has 2 amide bonds. The number of rotatable bonds is 8. The second kappa shape index (κ2) is 11.8. The van der Waals surface area contributed by atoms with E-state index < -0.39 is 6.04 Å². The minimum atomic E-state index is -0.663. The van der Waals surface area contributed by atoms with Gasteiger partial charge in [0.05, 0.1) is 12.1 Å². The Morgan fingerprint density at radius 2 is 1.83 bits per heavy atom. The number of nitrogens with zero attached hydrogens (tertiary/aromatic N) is 4. The van der Waals surface area contributed by atoms with Gasteiger partial charge in [0.1, 0.15) is 6.04 Å². The molecule has 10 heteroatoms. The Morgan fingerprint density at radius 1 is 1.11 bits per heavy atom. The number of anilines is 2.